The summed E-state index contributed by atoms with van der Waals surface area (Å²) in [6, 6.07) is 42.9. The SMILES string of the molecule is N#Cc1cc(C#N)c(-n2c3c(c4c5ccccc5ccc42)CCCC3)c(-n2c3ccccc3c3c4ccccc4ccc32)c1. The van der Waals surface area contributed by atoms with Crippen molar-refractivity contribution in [2.45, 2.75) is 25.7 Å². The Hall–Kier alpha value is -5.84. The Bertz CT molecular complexity index is 2580. The maximum absolute atomic E-state index is 10.7. The molecule has 0 atom stereocenters. The van der Waals surface area contributed by atoms with Crippen LogP contribution in [0.3, 0.4) is 0 Å². The molecule has 0 bridgehead atoms. The standard InChI is InChI=1S/C40H26N4/c41-23-25-21-28(24-42)40(44-34-16-8-6-14-32(34)39-30-12-4-2-10-27(30)18-20-36(39)44)37(22-25)43-33-15-7-5-13-31(33)38-29-11-3-1-9-26(29)17-19-35(38)43/h1-5,7,9-13,15,17-22H,6,8,14,16H2. The van der Waals surface area contributed by atoms with Gasteiger partial charge < -0.3 is 9.13 Å². The molecule has 0 saturated heterocycles. The Morgan fingerprint density at radius 1 is 0.545 bits per heavy atom. The van der Waals surface area contributed by atoms with Gasteiger partial charge >= 0.3 is 0 Å². The van der Waals surface area contributed by atoms with E-state index in [1.54, 1.807) is 6.07 Å². The molecular formula is C40H26N4. The van der Waals surface area contributed by atoms with E-state index in [1.807, 2.05) is 6.07 Å². The molecule has 6 aromatic carbocycles. The van der Waals surface area contributed by atoms with Gasteiger partial charge in [-0.15, -0.1) is 0 Å². The first-order valence-electron chi connectivity index (χ1n) is 15.2. The normalized spacial score (nSPS) is 13.0. The number of nitrogens with zero attached hydrogens (tertiary/aromatic N) is 4. The first-order chi connectivity index (χ1) is 21.8. The highest BCUT2D eigenvalue weighted by molar-refractivity contribution is 6.21. The summed E-state index contributed by atoms with van der Waals surface area (Å²) in [7, 11) is 0. The molecule has 4 nitrogen and oxygen atoms in total. The minimum absolute atomic E-state index is 0.475. The second kappa shape index (κ2) is 9.33. The molecule has 9 rings (SSSR count). The highest BCUT2D eigenvalue weighted by atomic mass is 15.1. The average Bonchev–Trinajstić information content (AvgIpc) is 3.61. The van der Waals surface area contributed by atoms with E-state index in [0.29, 0.717) is 11.1 Å². The van der Waals surface area contributed by atoms with Crippen LogP contribution in [0.5, 0.6) is 0 Å². The van der Waals surface area contributed by atoms with Crippen molar-refractivity contribution in [3.63, 3.8) is 0 Å². The number of hydrogen-bond donors (Lipinski definition) is 0. The van der Waals surface area contributed by atoms with E-state index in [9.17, 15) is 10.5 Å². The lowest BCUT2D eigenvalue weighted by Gasteiger charge is -2.21. The van der Waals surface area contributed by atoms with Gasteiger partial charge in [-0.2, -0.15) is 10.5 Å². The first kappa shape index (κ1) is 24.7. The van der Waals surface area contributed by atoms with Crippen molar-refractivity contribution in [2.24, 2.45) is 0 Å². The summed E-state index contributed by atoms with van der Waals surface area (Å²) >= 11 is 0. The highest BCUT2D eigenvalue weighted by Gasteiger charge is 2.27. The summed E-state index contributed by atoms with van der Waals surface area (Å²) in [5.41, 5.74) is 8.55. The minimum atomic E-state index is 0.475. The molecule has 2 heterocycles. The lowest BCUT2D eigenvalue weighted by atomic mass is 9.93. The zero-order chi connectivity index (χ0) is 29.4. The molecule has 0 spiro atoms. The number of nitriles is 2. The van der Waals surface area contributed by atoms with Crippen LogP contribution in [0.15, 0.2) is 109 Å². The fourth-order valence-electron chi connectivity index (χ4n) is 7.74. The topological polar surface area (TPSA) is 57.4 Å². The molecule has 8 aromatic rings. The molecule has 2 aromatic heterocycles. The van der Waals surface area contributed by atoms with E-state index in [0.717, 1.165) is 59.0 Å². The lowest BCUT2D eigenvalue weighted by Crippen LogP contribution is -2.12. The zero-order valence-corrected chi connectivity index (χ0v) is 24.0. The smallest absolute Gasteiger partial charge is 0.101 e. The summed E-state index contributed by atoms with van der Waals surface area (Å²) in [5.74, 6) is 0. The van der Waals surface area contributed by atoms with Gasteiger partial charge in [-0.3, -0.25) is 0 Å². The van der Waals surface area contributed by atoms with Crippen molar-refractivity contribution in [1.82, 2.24) is 9.13 Å². The van der Waals surface area contributed by atoms with Crippen LogP contribution in [0.25, 0.3) is 65.6 Å². The Balaban J connectivity index is 1.49. The van der Waals surface area contributed by atoms with Gasteiger partial charge in [0.05, 0.1) is 45.1 Å². The zero-order valence-electron chi connectivity index (χ0n) is 24.0. The van der Waals surface area contributed by atoms with Crippen LogP contribution in [-0.2, 0) is 12.8 Å². The third kappa shape index (κ3) is 3.31. The molecular weight excluding hydrogens is 536 g/mol. The van der Waals surface area contributed by atoms with Crippen LogP contribution in [0.1, 0.15) is 35.2 Å². The summed E-state index contributed by atoms with van der Waals surface area (Å²) in [6.45, 7) is 0. The molecule has 0 unspecified atom stereocenters. The van der Waals surface area contributed by atoms with Crippen LogP contribution in [0.2, 0.25) is 0 Å². The number of aryl methyl sites for hydroxylation is 1. The number of hydrogen-bond acceptors (Lipinski definition) is 2. The van der Waals surface area contributed by atoms with Gasteiger partial charge in [0.1, 0.15) is 6.07 Å². The van der Waals surface area contributed by atoms with E-state index < -0.39 is 0 Å². The van der Waals surface area contributed by atoms with Crippen molar-refractivity contribution >= 4 is 54.3 Å². The molecule has 0 aliphatic heterocycles. The number of rotatable bonds is 2. The molecule has 0 radical (unpaired) electrons. The monoisotopic (exact) mass is 562 g/mol. The van der Waals surface area contributed by atoms with Gasteiger partial charge in [0.2, 0.25) is 0 Å². The predicted molar refractivity (Wildman–Crippen MR) is 179 cm³/mol. The summed E-state index contributed by atoms with van der Waals surface area (Å²) < 4.78 is 4.63. The van der Waals surface area contributed by atoms with E-state index in [-0.39, 0.29) is 0 Å². The van der Waals surface area contributed by atoms with Crippen molar-refractivity contribution < 1.29 is 0 Å². The van der Waals surface area contributed by atoms with Crippen molar-refractivity contribution in [3.05, 3.63) is 132 Å². The Morgan fingerprint density at radius 3 is 1.91 bits per heavy atom. The Morgan fingerprint density at radius 2 is 1.18 bits per heavy atom. The molecule has 0 N–H and O–H groups in total. The van der Waals surface area contributed by atoms with Crippen molar-refractivity contribution in [2.75, 3.05) is 0 Å². The third-order valence-electron chi connectivity index (χ3n) is 9.52. The second-order valence-corrected chi connectivity index (χ2v) is 11.8. The van der Waals surface area contributed by atoms with Crippen LogP contribution in [0, 0.1) is 22.7 Å². The Kier molecular flexibility index (Phi) is 5.24. The van der Waals surface area contributed by atoms with Crippen LogP contribution in [0.4, 0.5) is 0 Å². The fourth-order valence-corrected chi connectivity index (χ4v) is 7.74. The van der Waals surface area contributed by atoms with E-state index in [1.165, 1.54) is 43.6 Å². The maximum Gasteiger partial charge on any atom is 0.101 e. The van der Waals surface area contributed by atoms with Gasteiger partial charge in [0, 0.05) is 21.9 Å². The number of benzene rings is 6. The van der Waals surface area contributed by atoms with Gasteiger partial charge in [0.15, 0.2) is 0 Å². The van der Waals surface area contributed by atoms with Crippen LogP contribution in [-0.4, -0.2) is 9.13 Å². The molecule has 0 amide bonds. The second-order valence-electron chi connectivity index (χ2n) is 11.8. The summed E-state index contributed by atoms with van der Waals surface area (Å²) in [6.07, 6.45) is 4.22. The molecule has 4 heteroatoms. The van der Waals surface area contributed by atoms with Gasteiger partial charge in [-0.05, 0) is 83.1 Å². The summed E-state index contributed by atoms with van der Waals surface area (Å²) in [5, 5.41) is 29.3. The molecule has 1 aliphatic carbocycles. The average molecular weight is 563 g/mol. The summed E-state index contributed by atoms with van der Waals surface area (Å²) in [4.78, 5) is 0. The molecule has 0 saturated carbocycles. The molecule has 0 fully saturated rings. The molecule has 206 valence electrons. The van der Waals surface area contributed by atoms with Crippen molar-refractivity contribution in [1.29, 1.82) is 10.5 Å². The first-order valence-corrected chi connectivity index (χ1v) is 15.2. The van der Waals surface area contributed by atoms with Crippen LogP contribution < -0.4 is 0 Å². The van der Waals surface area contributed by atoms with Gasteiger partial charge in [-0.25, -0.2) is 0 Å². The molecule has 44 heavy (non-hydrogen) atoms. The number of fused-ring (bicyclic) bond motifs is 10. The number of para-hydroxylation sites is 1. The lowest BCUT2D eigenvalue weighted by molar-refractivity contribution is 0.666. The van der Waals surface area contributed by atoms with E-state index >= 15 is 0 Å². The van der Waals surface area contributed by atoms with Gasteiger partial charge in [0.25, 0.3) is 0 Å². The van der Waals surface area contributed by atoms with Crippen molar-refractivity contribution in [3.8, 4) is 23.5 Å². The number of aromatic nitrogens is 2. The quantitative estimate of drug-likeness (QED) is 0.211. The third-order valence-corrected chi connectivity index (χ3v) is 9.52. The fraction of sp³-hybridized carbons (Fsp3) is 0.100. The minimum Gasteiger partial charge on any atom is -0.310 e. The Labute approximate surface area is 254 Å². The molecule has 1 aliphatic rings. The van der Waals surface area contributed by atoms with E-state index in [4.69, 9.17) is 0 Å². The van der Waals surface area contributed by atoms with E-state index in [2.05, 4.69) is 118 Å². The largest absolute Gasteiger partial charge is 0.310 e. The van der Waals surface area contributed by atoms with Crippen LogP contribution >= 0.6 is 0 Å². The predicted octanol–water partition coefficient (Wildman–Crippen LogP) is 9.66. The highest BCUT2D eigenvalue weighted by Crippen LogP contribution is 2.43. The maximum atomic E-state index is 10.7. The van der Waals surface area contributed by atoms with Gasteiger partial charge in [-0.1, -0.05) is 78.9 Å².